The largest absolute Gasteiger partial charge is 0.337 e. The fourth-order valence-electron chi connectivity index (χ4n) is 1.43. The molecule has 4 heteroatoms. The maximum atomic E-state index is 13.8. The van der Waals surface area contributed by atoms with Gasteiger partial charge in [-0.25, -0.2) is 4.39 Å². The van der Waals surface area contributed by atoms with Gasteiger partial charge in [0.1, 0.15) is 5.82 Å². The van der Waals surface area contributed by atoms with Crippen LogP contribution in [0.25, 0.3) is 0 Å². The summed E-state index contributed by atoms with van der Waals surface area (Å²) in [4.78, 5) is 0. The summed E-state index contributed by atoms with van der Waals surface area (Å²) in [6.45, 7) is 4.21. The predicted molar refractivity (Wildman–Crippen MR) is 77.2 cm³/mol. The van der Waals surface area contributed by atoms with E-state index in [4.69, 9.17) is 0 Å². The van der Waals surface area contributed by atoms with E-state index < -0.39 is 9.25 Å². The Morgan fingerprint density at radius 1 is 1.44 bits per heavy atom. The van der Waals surface area contributed by atoms with E-state index in [0.29, 0.717) is 11.6 Å². The van der Waals surface area contributed by atoms with Gasteiger partial charge in [-0.05, 0) is 42.5 Å². The third-order valence-electron chi connectivity index (χ3n) is 2.53. The molecular weight excluding hydrogens is 241 g/mol. The van der Waals surface area contributed by atoms with E-state index in [9.17, 15) is 4.39 Å². The third-order valence-corrected chi connectivity index (χ3v) is 3.53. The van der Waals surface area contributed by atoms with Crippen molar-refractivity contribution in [1.29, 1.82) is 0 Å². The van der Waals surface area contributed by atoms with Gasteiger partial charge in [0.2, 0.25) is 0 Å². The summed E-state index contributed by atoms with van der Waals surface area (Å²) in [6.07, 6.45) is 4.96. The van der Waals surface area contributed by atoms with Crippen LogP contribution in [0, 0.1) is 5.82 Å². The molecule has 1 aromatic carbocycles. The van der Waals surface area contributed by atoms with Crippen LogP contribution in [0.3, 0.4) is 0 Å². The zero-order chi connectivity index (χ0) is 12.3. The Morgan fingerprint density at radius 3 is 2.50 bits per heavy atom. The minimum absolute atomic E-state index is 0.188. The molecule has 92 valence electrons. The smallest absolute Gasteiger partial charge is 0.147 e. The molecule has 1 N–H and O–H groups in total. The molecule has 0 heterocycles. The number of nitrogens with one attached hydrogen (secondary N) is 1. The first-order valence-electron chi connectivity index (χ1n) is 5.36. The summed E-state index contributed by atoms with van der Waals surface area (Å²) in [6, 6.07) is 5.41. The predicted octanol–water partition coefficient (Wildman–Crippen LogP) is 4.58. The normalized spacial score (nSPS) is 14.6. The lowest BCUT2D eigenvalue weighted by molar-refractivity contribution is 0.624. The average Bonchev–Trinajstić information content (AvgIpc) is 2.18. The van der Waals surface area contributed by atoms with Crippen molar-refractivity contribution in [3.05, 3.63) is 29.6 Å². The minimum atomic E-state index is -1.23. The Morgan fingerprint density at radius 2 is 2.06 bits per heavy atom. The minimum Gasteiger partial charge on any atom is -0.337 e. The maximum absolute atomic E-state index is 13.8. The van der Waals surface area contributed by atoms with Gasteiger partial charge in [-0.2, -0.15) is 0 Å². The van der Waals surface area contributed by atoms with Crippen LogP contribution < -0.4 is 4.72 Å². The second-order valence-corrected chi connectivity index (χ2v) is 9.91. The Balaban J connectivity index is 2.92. The molecule has 1 aromatic rings. The average molecular weight is 261 g/mol. The topological polar surface area (TPSA) is 12.0 Å². The second kappa shape index (κ2) is 5.32. The molecule has 1 unspecified atom stereocenters. The number of rotatable bonds is 4. The quantitative estimate of drug-likeness (QED) is 0.597. The molecule has 0 aromatic heterocycles. The second-order valence-electron chi connectivity index (χ2n) is 4.42. The fourth-order valence-corrected chi connectivity index (χ4v) is 2.42. The Kier molecular flexibility index (Phi) is 4.56. The highest BCUT2D eigenvalue weighted by Crippen LogP contribution is 2.45. The highest BCUT2D eigenvalue weighted by molar-refractivity contribution is 8.87. The zero-order valence-corrected chi connectivity index (χ0v) is 12.0. The first-order chi connectivity index (χ1) is 7.33. The lowest BCUT2D eigenvalue weighted by Gasteiger charge is -2.27. The molecule has 1 rings (SSSR count). The molecule has 0 aliphatic rings. The molecule has 16 heavy (non-hydrogen) atoms. The van der Waals surface area contributed by atoms with Crippen LogP contribution in [0.2, 0.25) is 0 Å². The first-order valence-corrected chi connectivity index (χ1v) is 8.86. The van der Waals surface area contributed by atoms with Crippen LogP contribution in [-0.4, -0.2) is 12.5 Å². The van der Waals surface area contributed by atoms with Crippen molar-refractivity contribution in [2.24, 2.45) is 0 Å². The summed E-state index contributed by atoms with van der Waals surface area (Å²) >= 11 is 4.40. The van der Waals surface area contributed by atoms with Gasteiger partial charge in [-0.3, -0.25) is 0 Å². The molecule has 0 spiro atoms. The number of benzene rings is 1. The van der Waals surface area contributed by atoms with Crippen LogP contribution in [0.1, 0.15) is 31.7 Å². The SMILES string of the molecule is CCC(C)c1ccc(NS(C)(C)S)c(F)c1. The molecule has 0 bridgehead atoms. The Labute approximate surface area is 104 Å². The van der Waals surface area contributed by atoms with E-state index in [1.165, 1.54) is 0 Å². The summed E-state index contributed by atoms with van der Waals surface area (Å²) in [7, 11) is -1.23. The lowest BCUT2D eigenvalue weighted by atomic mass is 9.98. The van der Waals surface area contributed by atoms with Crippen molar-refractivity contribution in [3.63, 3.8) is 0 Å². The molecule has 1 atom stereocenters. The van der Waals surface area contributed by atoms with Gasteiger partial charge in [0.05, 0.1) is 5.69 Å². The fraction of sp³-hybridized carbons (Fsp3) is 0.500. The standard InChI is InChI=1S/C12H20FNS2/c1-5-9(2)10-6-7-12(11(13)8-10)14-16(3,4)15/h6-9,14-15H,5H2,1-4H3. The molecule has 0 saturated heterocycles. The number of hydrogen-bond acceptors (Lipinski definition) is 2. The molecule has 0 radical (unpaired) electrons. The van der Waals surface area contributed by atoms with Gasteiger partial charge >= 0.3 is 0 Å². The monoisotopic (exact) mass is 261 g/mol. The molecular formula is C12H20FNS2. The van der Waals surface area contributed by atoms with Crippen LogP contribution >= 0.6 is 20.9 Å². The van der Waals surface area contributed by atoms with Crippen LogP contribution in [0.4, 0.5) is 10.1 Å². The lowest BCUT2D eigenvalue weighted by Crippen LogP contribution is -2.03. The number of thiol groups is 1. The first kappa shape index (κ1) is 13.7. The third kappa shape index (κ3) is 3.91. The van der Waals surface area contributed by atoms with Crippen LogP contribution in [0.5, 0.6) is 0 Å². The molecule has 0 fully saturated rings. The van der Waals surface area contributed by atoms with E-state index in [1.54, 1.807) is 6.07 Å². The highest BCUT2D eigenvalue weighted by Gasteiger charge is 2.11. The molecule has 0 amide bonds. The van der Waals surface area contributed by atoms with Crippen molar-refractivity contribution in [3.8, 4) is 0 Å². The van der Waals surface area contributed by atoms with Gasteiger partial charge in [0, 0.05) is 0 Å². The van der Waals surface area contributed by atoms with Gasteiger partial charge in [0.15, 0.2) is 0 Å². The van der Waals surface area contributed by atoms with Crippen molar-refractivity contribution >= 4 is 26.6 Å². The Bertz CT molecular complexity index is 361. The molecule has 0 aliphatic heterocycles. The highest BCUT2D eigenvalue weighted by atomic mass is 33.1. The van der Waals surface area contributed by atoms with E-state index in [-0.39, 0.29) is 5.82 Å². The van der Waals surface area contributed by atoms with E-state index >= 15 is 0 Å². The van der Waals surface area contributed by atoms with E-state index in [0.717, 1.165) is 12.0 Å². The van der Waals surface area contributed by atoms with Crippen molar-refractivity contribution in [2.45, 2.75) is 26.2 Å². The summed E-state index contributed by atoms with van der Waals surface area (Å²) in [5.41, 5.74) is 1.60. The van der Waals surface area contributed by atoms with Gasteiger partial charge in [0.25, 0.3) is 0 Å². The van der Waals surface area contributed by atoms with E-state index in [1.807, 2.05) is 24.6 Å². The van der Waals surface area contributed by atoms with Crippen molar-refractivity contribution in [1.82, 2.24) is 0 Å². The summed E-state index contributed by atoms with van der Waals surface area (Å²) in [5, 5.41) is 0. The molecule has 0 saturated carbocycles. The number of hydrogen-bond donors (Lipinski definition) is 2. The van der Waals surface area contributed by atoms with Crippen LogP contribution in [-0.2, 0) is 0 Å². The number of halogens is 1. The van der Waals surface area contributed by atoms with Gasteiger partial charge in [-0.15, -0.1) is 20.9 Å². The molecule has 0 aliphatic carbocycles. The van der Waals surface area contributed by atoms with Crippen molar-refractivity contribution < 1.29 is 4.39 Å². The van der Waals surface area contributed by atoms with Gasteiger partial charge < -0.3 is 4.72 Å². The van der Waals surface area contributed by atoms with Crippen LogP contribution in [0.15, 0.2) is 18.2 Å². The van der Waals surface area contributed by atoms with Crippen molar-refractivity contribution in [2.75, 3.05) is 17.2 Å². The summed E-state index contributed by atoms with van der Waals surface area (Å²) < 4.78 is 16.9. The van der Waals surface area contributed by atoms with E-state index in [2.05, 4.69) is 30.2 Å². The summed E-state index contributed by atoms with van der Waals surface area (Å²) in [5.74, 6) is 0.215. The maximum Gasteiger partial charge on any atom is 0.147 e. The Hall–Kier alpha value is -0.350. The zero-order valence-electron chi connectivity index (χ0n) is 10.2. The number of anilines is 1. The van der Waals surface area contributed by atoms with Gasteiger partial charge in [-0.1, -0.05) is 19.9 Å². The molecule has 1 nitrogen and oxygen atoms in total.